The highest BCUT2D eigenvalue weighted by Crippen LogP contribution is 2.23. The minimum absolute atomic E-state index is 0.0311. The van der Waals surface area contributed by atoms with Gasteiger partial charge < -0.3 is 19.2 Å². The molecule has 0 saturated carbocycles. The number of nitrogens with one attached hydrogen (secondary N) is 2. The van der Waals surface area contributed by atoms with Gasteiger partial charge in [0.2, 0.25) is 0 Å². The lowest BCUT2D eigenvalue weighted by atomic mass is 9.87. The maximum atomic E-state index is 12.3. The van der Waals surface area contributed by atoms with Crippen molar-refractivity contribution in [3.05, 3.63) is 75.6 Å². The SMILES string of the molecule is CCOC(=O)Nc1ccc2c(COC(=O)CNC(=O)c3ccc(C(C)(C)C)cc3)cc(=O)oc2c1. The molecule has 0 radical (unpaired) electrons. The molecular weight excluding hydrogens is 452 g/mol. The molecule has 0 saturated heterocycles. The summed E-state index contributed by atoms with van der Waals surface area (Å²) in [4.78, 5) is 48.1. The van der Waals surface area contributed by atoms with Crippen molar-refractivity contribution >= 4 is 34.6 Å². The van der Waals surface area contributed by atoms with Crippen LogP contribution in [-0.2, 0) is 26.3 Å². The van der Waals surface area contributed by atoms with E-state index in [4.69, 9.17) is 13.9 Å². The number of rotatable bonds is 7. The molecule has 0 bridgehead atoms. The standard InChI is InChI=1S/C26H28N2O7/c1-5-33-25(32)28-19-10-11-20-17(12-22(29)35-21(20)13-19)15-34-23(30)14-27-24(31)16-6-8-18(9-7-16)26(2,3)4/h6-13H,5,14-15H2,1-4H3,(H,27,31)(H,28,32). The molecule has 9 heteroatoms. The second kappa shape index (κ2) is 10.9. The van der Waals surface area contributed by atoms with Crippen LogP contribution in [0, 0.1) is 0 Å². The molecule has 35 heavy (non-hydrogen) atoms. The summed E-state index contributed by atoms with van der Waals surface area (Å²) in [5, 5.41) is 5.60. The fraction of sp³-hybridized carbons (Fsp3) is 0.308. The summed E-state index contributed by atoms with van der Waals surface area (Å²) in [6.45, 7) is 7.62. The van der Waals surface area contributed by atoms with Gasteiger partial charge in [-0.05, 0) is 42.2 Å². The van der Waals surface area contributed by atoms with E-state index >= 15 is 0 Å². The molecule has 0 fully saturated rings. The Labute approximate surface area is 202 Å². The van der Waals surface area contributed by atoms with E-state index in [1.165, 1.54) is 12.1 Å². The Kier molecular flexibility index (Phi) is 7.91. The average molecular weight is 481 g/mol. The Bertz CT molecular complexity index is 1290. The molecule has 3 aromatic rings. The number of fused-ring (bicyclic) bond motifs is 1. The van der Waals surface area contributed by atoms with E-state index in [9.17, 15) is 19.2 Å². The predicted octanol–water partition coefficient (Wildman–Crippen LogP) is 4.13. The van der Waals surface area contributed by atoms with Crippen molar-refractivity contribution in [2.24, 2.45) is 0 Å². The summed E-state index contributed by atoms with van der Waals surface area (Å²) in [7, 11) is 0. The number of esters is 1. The molecule has 2 N–H and O–H groups in total. The first kappa shape index (κ1) is 25.5. The largest absolute Gasteiger partial charge is 0.459 e. The van der Waals surface area contributed by atoms with Crippen molar-refractivity contribution in [2.75, 3.05) is 18.5 Å². The summed E-state index contributed by atoms with van der Waals surface area (Å²) in [5.41, 5.74) is 1.88. The third-order valence-corrected chi connectivity index (χ3v) is 5.15. The van der Waals surface area contributed by atoms with Gasteiger partial charge in [-0.2, -0.15) is 0 Å². The van der Waals surface area contributed by atoms with Crippen molar-refractivity contribution in [2.45, 2.75) is 39.7 Å². The molecule has 0 unspecified atom stereocenters. The van der Waals surface area contributed by atoms with Gasteiger partial charge in [0.1, 0.15) is 18.7 Å². The van der Waals surface area contributed by atoms with Gasteiger partial charge in [0.25, 0.3) is 5.91 Å². The molecule has 1 heterocycles. The number of hydrogen-bond acceptors (Lipinski definition) is 7. The zero-order valence-corrected chi connectivity index (χ0v) is 20.1. The van der Waals surface area contributed by atoms with Crippen LogP contribution in [0.3, 0.4) is 0 Å². The molecule has 1 aromatic heterocycles. The molecule has 0 aliphatic rings. The zero-order valence-electron chi connectivity index (χ0n) is 20.1. The highest BCUT2D eigenvalue weighted by Gasteiger charge is 2.15. The quantitative estimate of drug-likeness (QED) is 0.385. The van der Waals surface area contributed by atoms with Gasteiger partial charge in [0.15, 0.2) is 0 Å². The van der Waals surface area contributed by atoms with Gasteiger partial charge in [0, 0.05) is 34.3 Å². The van der Waals surface area contributed by atoms with Gasteiger partial charge >= 0.3 is 17.7 Å². The Morgan fingerprint density at radius 1 is 0.971 bits per heavy atom. The summed E-state index contributed by atoms with van der Waals surface area (Å²) >= 11 is 0. The summed E-state index contributed by atoms with van der Waals surface area (Å²) in [6, 6.07) is 13.1. The molecule has 0 aliphatic carbocycles. The predicted molar refractivity (Wildman–Crippen MR) is 130 cm³/mol. The van der Waals surface area contributed by atoms with Gasteiger partial charge in [-0.3, -0.25) is 14.9 Å². The summed E-state index contributed by atoms with van der Waals surface area (Å²) < 4.78 is 15.3. The molecular formula is C26H28N2O7. The lowest BCUT2D eigenvalue weighted by molar-refractivity contribution is -0.143. The topological polar surface area (TPSA) is 124 Å². The van der Waals surface area contributed by atoms with Crippen LogP contribution in [0.4, 0.5) is 10.5 Å². The van der Waals surface area contributed by atoms with Gasteiger partial charge in [-0.1, -0.05) is 32.9 Å². The molecule has 0 atom stereocenters. The van der Waals surface area contributed by atoms with Crippen LogP contribution in [0.2, 0.25) is 0 Å². The lowest BCUT2D eigenvalue weighted by Crippen LogP contribution is -2.30. The van der Waals surface area contributed by atoms with E-state index in [0.29, 0.717) is 22.2 Å². The third-order valence-electron chi connectivity index (χ3n) is 5.15. The molecule has 2 amide bonds. The van der Waals surface area contributed by atoms with E-state index < -0.39 is 23.6 Å². The fourth-order valence-corrected chi connectivity index (χ4v) is 3.30. The minimum atomic E-state index is -0.661. The van der Waals surface area contributed by atoms with E-state index in [0.717, 1.165) is 5.56 Å². The third kappa shape index (κ3) is 6.92. The van der Waals surface area contributed by atoms with Crippen LogP contribution in [0.15, 0.2) is 57.7 Å². The van der Waals surface area contributed by atoms with Crippen LogP contribution in [0.1, 0.15) is 49.2 Å². The number of anilines is 1. The lowest BCUT2D eigenvalue weighted by Gasteiger charge is -2.19. The van der Waals surface area contributed by atoms with Gasteiger partial charge in [-0.25, -0.2) is 9.59 Å². The van der Waals surface area contributed by atoms with E-state index in [1.54, 1.807) is 31.2 Å². The maximum Gasteiger partial charge on any atom is 0.411 e. The molecule has 184 valence electrons. The summed E-state index contributed by atoms with van der Waals surface area (Å²) in [6.07, 6.45) is -0.633. The van der Waals surface area contributed by atoms with E-state index in [-0.39, 0.29) is 30.8 Å². The van der Waals surface area contributed by atoms with Crippen LogP contribution >= 0.6 is 0 Å². The average Bonchev–Trinajstić information content (AvgIpc) is 2.80. The maximum absolute atomic E-state index is 12.3. The zero-order chi connectivity index (χ0) is 25.6. The molecule has 0 aliphatic heterocycles. The molecule has 3 rings (SSSR count). The van der Waals surface area contributed by atoms with Crippen molar-refractivity contribution in [3.8, 4) is 0 Å². The first-order valence-corrected chi connectivity index (χ1v) is 11.1. The number of benzene rings is 2. The van der Waals surface area contributed by atoms with Crippen LogP contribution in [0.5, 0.6) is 0 Å². The number of hydrogen-bond donors (Lipinski definition) is 2. The van der Waals surface area contributed by atoms with Gasteiger partial charge in [-0.15, -0.1) is 0 Å². The first-order valence-electron chi connectivity index (χ1n) is 11.1. The number of amides is 2. The van der Waals surface area contributed by atoms with Crippen LogP contribution < -0.4 is 16.3 Å². The smallest absolute Gasteiger partial charge is 0.411 e. The van der Waals surface area contributed by atoms with Crippen molar-refractivity contribution in [3.63, 3.8) is 0 Å². The van der Waals surface area contributed by atoms with Crippen molar-refractivity contribution < 1.29 is 28.3 Å². The number of ether oxygens (including phenoxy) is 2. The molecule has 9 nitrogen and oxygen atoms in total. The van der Waals surface area contributed by atoms with E-state index in [2.05, 4.69) is 31.4 Å². The Morgan fingerprint density at radius 3 is 2.34 bits per heavy atom. The molecule has 0 spiro atoms. The van der Waals surface area contributed by atoms with E-state index in [1.807, 2.05) is 12.1 Å². The Hall–Kier alpha value is -4.14. The summed E-state index contributed by atoms with van der Waals surface area (Å²) in [5.74, 6) is -1.05. The second-order valence-corrected chi connectivity index (χ2v) is 8.82. The van der Waals surface area contributed by atoms with Crippen LogP contribution in [-0.4, -0.2) is 31.1 Å². The van der Waals surface area contributed by atoms with Crippen LogP contribution in [0.25, 0.3) is 11.0 Å². The minimum Gasteiger partial charge on any atom is -0.459 e. The number of carbonyl (C=O) groups is 3. The second-order valence-electron chi connectivity index (χ2n) is 8.82. The fourth-order valence-electron chi connectivity index (χ4n) is 3.30. The first-order chi connectivity index (χ1) is 16.6. The molecule has 2 aromatic carbocycles. The number of carbonyl (C=O) groups excluding carboxylic acids is 3. The normalized spacial score (nSPS) is 11.1. The highest BCUT2D eigenvalue weighted by molar-refractivity contribution is 5.96. The highest BCUT2D eigenvalue weighted by atomic mass is 16.5. The Morgan fingerprint density at radius 2 is 1.69 bits per heavy atom. The van der Waals surface area contributed by atoms with Crippen molar-refractivity contribution in [1.29, 1.82) is 0 Å². The van der Waals surface area contributed by atoms with Crippen molar-refractivity contribution in [1.82, 2.24) is 5.32 Å². The van der Waals surface area contributed by atoms with Gasteiger partial charge in [0.05, 0.1) is 6.61 Å². The Balaban J connectivity index is 1.60. The monoisotopic (exact) mass is 480 g/mol.